The zero-order valence-electron chi connectivity index (χ0n) is 10.3. The van der Waals surface area contributed by atoms with Crippen LogP contribution in [0.15, 0.2) is 0 Å². The quantitative estimate of drug-likeness (QED) is 0.768. The number of methoxy groups -OCH3 is 1. The summed E-state index contributed by atoms with van der Waals surface area (Å²) in [7, 11) is 1.62. The molecule has 2 N–H and O–H groups in total. The van der Waals surface area contributed by atoms with E-state index in [2.05, 4.69) is 20.0 Å². The van der Waals surface area contributed by atoms with Crippen LogP contribution >= 0.6 is 11.5 Å². The molecule has 1 aromatic rings. The lowest BCUT2D eigenvalue weighted by molar-refractivity contribution is -0.120. The third-order valence-electron chi connectivity index (χ3n) is 2.16. The maximum absolute atomic E-state index is 11.2. The molecule has 0 aliphatic heterocycles. The normalized spacial score (nSPS) is 12.2. The molecule has 0 bridgehead atoms. The number of anilines is 1. The summed E-state index contributed by atoms with van der Waals surface area (Å²) in [5.41, 5.74) is 0. The van der Waals surface area contributed by atoms with Gasteiger partial charge < -0.3 is 15.4 Å². The molecule has 1 atom stereocenters. The van der Waals surface area contributed by atoms with Crippen molar-refractivity contribution >= 4 is 22.6 Å². The Kier molecular flexibility index (Phi) is 5.85. The van der Waals surface area contributed by atoms with E-state index in [1.165, 1.54) is 11.5 Å². The number of carbonyl (C=O) groups is 1. The summed E-state index contributed by atoms with van der Waals surface area (Å²) in [4.78, 5) is 15.5. The van der Waals surface area contributed by atoms with Gasteiger partial charge in [0, 0.05) is 38.2 Å². The van der Waals surface area contributed by atoms with E-state index in [1.54, 1.807) is 7.11 Å². The number of nitrogens with one attached hydrogen (secondary N) is 2. The molecule has 0 radical (unpaired) electrons. The summed E-state index contributed by atoms with van der Waals surface area (Å²) < 4.78 is 9.28. The standard InChI is InChI=1S/C10H18N4O2S/c1-4-11-8(15)5-6-12-10-13-9(14-17-10)7(2)16-3/h7H,4-6H2,1-3H3,(H,11,15)(H,12,13,14). The van der Waals surface area contributed by atoms with Gasteiger partial charge in [0.05, 0.1) is 0 Å². The molecule has 0 saturated carbocycles. The number of hydrogen-bond acceptors (Lipinski definition) is 6. The van der Waals surface area contributed by atoms with E-state index in [-0.39, 0.29) is 12.0 Å². The topological polar surface area (TPSA) is 76.1 Å². The molecule has 17 heavy (non-hydrogen) atoms. The second-order valence-electron chi connectivity index (χ2n) is 3.47. The van der Waals surface area contributed by atoms with Crippen molar-refractivity contribution in [2.75, 3.05) is 25.5 Å². The van der Waals surface area contributed by atoms with E-state index in [0.717, 1.165) is 0 Å². The van der Waals surface area contributed by atoms with Crippen molar-refractivity contribution in [3.05, 3.63) is 5.82 Å². The van der Waals surface area contributed by atoms with Crippen LogP contribution in [0.4, 0.5) is 5.13 Å². The second kappa shape index (κ2) is 7.18. The predicted octanol–water partition coefficient (Wildman–Crippen LogP) is 1.18. The second-order valence-corrected chi connectivity index (χ2v) is 4.22. The highest BCUT2D eigenvalue weighted by Gasteiger charge is 2.10. The van der Waals surface area contributed by atoms with Crippen LogP contribution in [0, 0.1) is 0 Å². The number of carbonyl (C=O) groups excluding carboxylic acids is 1. The Balaban J connectivity index is 2.32. The fraction of sp³-hybridized carbons (Fsp3) is 0.700. The van der Waals surface area contributed by atoms with Crippen LogP contribution in [0.5, 0.6) is 0 Å². The molecule has 96 valence electrons. The molecule has 1 rings (SSSR count). The van der Waals surface area contributed by atoms with E-state index in [4.69, 9.17) is 4.74 Å². The molecule has 1 unspecified atom stereocenters. The molecule has 0 fully saturated rings. The Hall–Kier alpha value is -1.21. The van der Waals surface area contributed by atoms with Crippen LogP contribution in [0.3, 0.4) is 0 Å². The van der Waals surface area contributed by atoms with Gasteiger partial charge in [-0.1, -0.05) is 0 Å². The predicted molar refractivity (Wildman–Crippen MR) is 67.1 cm³/mol. The van der Waals surface area contributed by atoms with E-state index in [0.29, 0.717) is 30.5 Å². The van der Waals surface area contributed by atoms with Gasteiger partial charge in [0.15, 0.2) is 5.82 Å². The van der Waals surface area contributed by atoms with E-state index < -0.39 is 0 Å². The largest absolute Gasteiger partial charge is 0.374 e. The van der Waals surface area contributed by atoms with Crippen LogP contribution in [-0.2, 0) is 9.53 Å². The van der Waals surface area contributed by atoms with E-state index >= 15 is 0 Å². The fourth-order valence-electron chi connectivity index (χ4n) is 1.15. The Morgan fingerprint density at radius 3 is 3.00 bits per heavy atom. The van der Waals surface area contributed by atoms with Gasteiger partial charge in [0.25, 0.3) is 0 Å². The molecule has 7 heteroatoms. The molecule has 1 heterocycles. The van der Waals surface area contributed by atoms with E-state index in [1.807, 2.05) is 13.8 Å². The van der Waals surface area contributed by atoms with Gasteiger partial charge in [-0.05, 0) is 13.8 Å². The van der Waals surface area contributed by atoms with Crippen molar-refractivity contribution < 1.29 is 9.53 Å². The Morgan fingerprint density at radius 2 is 2.35 bits per heavy atom. The van der Waals surface area contributed by atoms with Crippen molar-refractivity contribution in [3.8, 4) is 0 Å². The van der Waals surface area contributed by atoms with Crippen LogP contribution < -0.4 is 10.6 Å². The van der Waals surface area contributed by atoms with Crippen molar-refractivity contribution in [1.82, 2.24) is 14.7 Å². The zero-order chi connectivity index (χ0) is 12.7. The van der Waals surface area contributed by atoms with Crippen LogP contribution in [-0.4, -0.2) is 35.5 Å². The molecule has 0 aliphatic carbocycles. The lowest BCUT2D eigenvalue weighted by Gasteiger charge is -2.03. The minimum Gasteiger partial charge on any atom is -0.374 e. The van der Waals surface area contributed by atoms with Crippen molar-refractivity contribution in [2.45, 2.75) is 26.4 Å². The molecule has 0 aliphatic rings. The van der Waals surface area contributed by atoms with Gasteiger partial charge in [0.1, 0.15) is 6.10 Å². The highest BCUT2D eigenvalue weighted by molar-refractivity contribution is 7.09. The lowest BCUT2D eigenvalue weighted by atomic mass is 10.4. The van der Waals surface area contributed by atoms with Crippen LogP contribution in [0.1, 0.15) is 32.2 Å². The fourth-order valence-corrected chi connectivity index (χ4v) is 1.82. The average molecular weight is 258 g/mol. The Labute approximate surface area is 105 Å². The van der Waals surface area contributed by atoms with Crippen LogP contribution in [0.2, 0.25) is 0 Å². The van der Waals surface area contributed by atoms with Gasteiger partial charge >= 0.3 is 0 Å². The number of nitrogens with zero attached hydrogens (tertiary/aromatic N) is 2. The zero-order valence-corrected chi connectivity index (χ0v) is 11.1. The summed E-state index contributed by atoms with van der Waals surface area (Å²) >= 11 is 1.27. The summed E-state index contributed by atoms with van der Waals surface area (Å²) in [6.07, 6.45) is 0.327. The third kappa shape index (κ3) is 4.66. The third-order valence-corrected chi connectivity index (χ3v) is 2.85. The van der Waals surface area contributed by atoms with Gasteiger partial charge in [-0.25, -0.2) is 4.98 Å². The number of aromatic nitrogens is 2. The summed E-state index contributed by atoms with van der Waals surface area (Å²) in [6, 6.07) is 0. The average Bonchev–Trinajstić information content (AvgIpc) is 2.77. The van der Waals surface area contributed by atoms with Gasteiger partial charge in [-0.2, -0.15) is 4.37 Å². The lowest BCUT2D eigenvalue weighted by Crippen LogP contribution is -2.24. The van der Waals surface area contributed by atoms with Gasteiger partial charge in [0.2, 0.25) is 11.0 Å². The number of rotatable bonds is 7. The smallest absolute Gasteiger partial charge is 0.221 e. The summed E-state index contributed by atoms with van der Waals surface area (Å²) in [5, 5.41) is 6.51. The highest BCUT2D eigenvalue weighted by atomic mass is 32.1. The molecule has 6 nitrogen and oxygen atoms in total. The summed E-state index contributed by atoms with van der Waals surface area (Å²) in [5.74, 6) is 0.702. The first-order chi connectivity index (χ1) is 8.17. The highest BCUT2D eigenvalue weighted by Crippen LogP contribution is 2.17. The number of ether oxygens (including phenoxy) is 1. The molecular formula is C10H18N4O2S. The van der Waals surface area contributed by atoms with E-state index in [9.17, 15) is 4.79 Å². The SMILES string of the molecule is CCNC(=O)CCNc1nc(C(C)OC)ns1. The first kappa shape index (κ1) is 13.9. The van der Waals surface area contributed by atoms with Crippen molar-refractivity contribution in [3.63, 3.8) is 0 Å². The van der Waals surface area contributed by atoms with Gasteiger partial charge in [-0.15, -0.1) is 0 Å². The minimum atomic E-state index is -0.106. The van der Waals surface area contributed by atoms with Crippen molar-refractivity contribution in [1.29, 1.82) is 0 Å². The Bertz CT molecular complexity index is 356. The maximum Gasteiger partial charge on any atom is 0.221 e. The monoisotopic (exact) mass is 258 g/mol. The van der Waals surface area contributed by atoms with Crippen LogP contribution in [0.25, 0.3) is 0 Å². The molecular weight excluding hydrogens is 240 g/mol. The molecule has 0 spiro atoms. The first-order valence-electron chi connectivity index (χ1n) is 5.54. The molecule has 1 amide bonds. The molecule has 0 saturated heterocycles. The summed E-state index contributed by atoms with van der Waals surface area (Å²) in [6.45, 7) is 5.00. The molecule has 1 aromatic heterocycles. The molecule has 0 aromatic carbocycles. The van der Waals surface area contributed by atoms with Crippen molar-refractivity contribution in [2.24, 2.45) is 0 Å². The number of hydrogen-bond donors (Lipinski definition) is 2. The number of amides is 1. The Morgan fingerprint density at radius 1 is 1.59 bits per heavy atom. The minimum absolute atomic E-state index is 0.0370. The first-order valence-corrected chi connectivity index (χ1v) is 6.31. The van der Waals surface area contributed by atoms with Gasteiger partial charge in [-0.3, -0.25) is 4.79 Å². The maximum atomic E-state index is 11.2.